The van der Waals surface area contributed by atoms with Gasteiger partial charge in [0, 0.05) is 0 Å². The van der Waals surface area contributed by atoms with Gasteiger partial charge in [0.1, 0.15) is 18.3 Å². The van der Waals surface area contributed by atoms with Crippen LogP contribution in [-0.2, 0) is 24.9 Å². The van der Waals surface area contributed by atoms with Crippen molar-refractivity contribution in [3.05, 3.63) is 57.8 Å². The molecule has 1 fully saturated rings. The van der Waals surface area contributed by atoms with Gasteiger partial charge in [0.15, 0.2) is 35.6 Å². The number of nitrogens with two attached hydrogens (primary N) is 2. The molecule has 4 aliphatic rings. The first kappa shape index (κ1) is 28.4. The van der Waals surface area contributed by atoms with Crippen molar-refractivity contribution in [2.45, 2.75) is 18.9 Å². The molecule has 0 spiro atoms. The molecular weight excluding hydrogens is 637 g/mol. The van der Waals surface area contributed by atoms with E-state index in [1.54, 1.807) is 4.90 Å². The van der Waals surface area contributed by atoms with Crippen molar-refractivity contribution in [2.75, 3.05) is 24.0 Å². The van der Waals surface area contributed by atoms with Crippen LogP contribution in [-0.4, -0.2) is 64.8 Å². The average molecular weight is 660 g/mol. The van der Waals surface area contributed by atoms with E-state index >= 15 is 4.39 Å². The van der Waals surface area contributed by atoms with Gasteiger partial charge in [-0.3, -0.25) is 28.7 Å². The number of ether oxygens (including phenoxy) is 1. The summed E-state index contributed by atoms with van der Waals surface area (Å²) in [6, 6.07) is 1.28. The van der Waals surface area contributed by atoms with Crippen molar-refractivity contribution in [2.24, 2.45) is 5.73 Å². The number of nitrogens with zero attached hydrogens (tertiary/aromatic N) is 4. The molecule has 1 unspecified atom stereocenters. The van der Waals surface area contributed by atoms with E-state index in [2.05, 4.69) is 30.9 Å². The van der Waals surface area contributed by atoms with Crippen LogP contribution in [0.15, 0.2) is 50.9 Å². The monoisotopic (exact) mass is 660 g/mol. The molecule has 0 aliphatic carbocycles. The van der Waals surface area contributed by atoms with Gasteiger partial charge in [-0.25, -0.2) is 13.9 Å². The predicted octanol–water partition coefficient (Wildman–Crippen LogP) is -1.43. The van der Waals surface area contributed by atoms with Crippen molar-refractivity contribution in [3.63, 3.8) is 0 Å². The zero-order chi connectivity index (χ0) is 31.0. The van der Waals surface area contributed by atoms with Gasteiger partial charge >= 0.3 is 16.3 Å². The lowest BCUT2D eigenvalue weighted by atomic mass is 10.3. The molecule has 0 radical (unpaired) electrons. The van der Waals surface area contributed by atoms with Gasteiger partial charge in [0.05, 0.1) is 25.1 Å². The number of nitrogens with one attached hydrogen (secondary N) is 4. The van der Waals surface area contributed by atoms with Crippen molar-refractivity contribution in [3.8, 4) is 5.75 Å². The quantitative estimate of drug-likeness (QED) is 0.141. The normalized spacial score (nSPS) is 25.5. The van der Waals surface area contributed by atoms with Gasteiger partial charge in [-0.1, -0.05) is 0 Å². The minimum Gasteiger partial charge on any atom is -0.439 e. The molecule has 0 amide bonds. The summed E-state index contributed by atoms with van der Waals surface area (Å²) in [5, 5.41) is 9.21. The van der Waals surface area contributed by atoms with Gasteiger partial charge in [-0.05, 0) is 0 Å². The number of hydrogen-bond donors (Lipinski definition) is 10. The van der Waals surface area contributed by atoms with E-state index in [-0.39, 0.29) is 41.2 Å². The molecule has 2 atom stereocenters. The second-order valence-corrected chi connectivity index (χ2v) is 12.2. The number of nitrogen functional groups attached to an aromatic ring is 1. The summed E-state index contributed by atoms with van der Waals surface area (Å²) in [5.41, 5.74) is 11.1. The molecule has 44 heavy (non-hydrogen) atoms. The van der Waals surface area contributed by atoms with Gasteiger partial charge in [-0.15, -0.1) is 4.52 Å². The van der Waals surface area contributed by atoms with Crippen LogP contribution in [0.5, 0.6) is 5.75 Å². The lowest BCUT2D eigenvalue weighted by molar-refractivity contribution is 0.117. The molecule has 1 saturated heterocycles. The van der Waals surface area contributed by atoms with Crippen LogP contribution in [0, 0.1) is 0 Å². The van der Waals surface area contributed by atoms with Crippen molar-refractivity contribution < 1.29 is 51.2 Å². The zero-order valence-corrected chi connectivity index (χ0v) is 23.7. The molecule has 2 bridgehead atoms. The van der Waals surface area contributed by atoms with Crippen LogP contribution >= 0.6 is 16.3 Å². The number of aromatic amines is 1. The molecule has 21 nitrogen and oxygen atoms in total. The number of furan rings is 1. The van der Waals surface area contributed by atoms with Crippen LogP contribution in [0.4, 0.5) is 16.2 Å². The summed E-state index contributed by atoms with van der Waals surface area (Å²) in [7, 11) is -9.75. The Morgan fingerprint density at radius 1 is 1.14 bits per heavy atom. The summed E-state index contributed by atoms with van der Waals surface area (Å²) < 4.78 is 48.5. The smallest absolute Gasteiger partial charge is 0.439 e. The minimum atomic E-state index is -4.93. The van der Waals surface area contributed by atoms with Crippen LogP contribution in [0.25, 0.3) is 17.0 Å². The first-order valence-electron chi connectivity index (χ1n) is 12.4. The summed E-state index contributed by atoms with van der Waals surface area (Å²) in [4.78, 5) is 66.5. The Labute approximate surface area is 244 Å². The van der Waals surface area contributed by atoms with E-state index in [0.29, 0.717) is 24.4 Å². The highest BCUT2D eigenvalue weighted by atomic mass is 31.2. The fourth-order valence-electron chi connectivity index (χ4n) is 4.66. The summed E-state index contributed by atoms with van der Waals surface area (Å²) in [6.07, 6.45) is -1.36. The summed E-state index contributed by atoms with van der Waals surface area (Å²) >= 11 is 0. The van der Waals surface area contributed by atoms with E-state index < -0.39 is 58.2 Å². The molecule has 3 aromatic heterocycles. The Balaban J connectivity index is 1.25. The predicted molar refractivity (Wildman–Crippen MR) is 145 cm³/mol. The topological polar surface area (TPSA) is 295 Å². The lowest BCUT2D eigenvalue weighted by Gasteiger charge is -2.28. The number of rotatable bonds is 2. The van der Waals surface area contributed by atoms with Crippen LogP contribution < -0.4 is 42.4 Å². The molecule has 0 aromatic carbocycles. The number of anilines is 2. The first-order valence-corrected chi connectivity index (χ1v) is 15.5. The van der Waals surface area contributed by atoms with Crippen molar-refractivity contribution in [1.29, 1.82) is 0 Å². The standard InChI is InChI=1S/C20H22FN10O11P2/c21-11-9-3-38-43(33,34)41-7-1-10(30-5-26-12-15(22)24-4-25-16(12)30)39-8(7)2-37-44(35,36)42-14(11)19(40-9)31-6-27-13-17(31)28-20(23)29-18(13)32/h1,3,6,11,16,24-26,33-36H,2,4-5,22H2,(H2-,23,28,29,32)/q+1/p+1/b9-3+/t11-,16?/m1/s1. The molecule has 0 saturated carbocycles. The highest BCUT2D eigenvalue weighted by Gasteiger charge is 2.53. The largest absolute Gasteiger partial charge is 0.663 e. The van der Waals surface area contributed by atoms with Gasteiger partial charge in [0.25, 0.3) is 17.2 Å². The third-order valence-electron chi connectivity index (χ3n) is 6.58. The SMILES string of the molecule is NC1=C2NCN(c3cc4c(o3)CO[P+](O)(O)OC3=C(n5cnc6c(=O)[nH]c(N)nc65)O/C(=C/O[P+](O)(O)O4)[C@H]3F)C2NCN1. The maximum Gasteiger partial charge on any atom is 0.663 e. The van der Waals surface area contributed by atoms with E-state index in [1.807, 2.05) is 0 Å². The molecular formula is C20H23FN10O11P2+2. The Bertz CT molecular complexity index is 1820. The molecule has 7 heterocycles. The molecule has 7 rings (SSSR count). The Kier molecular flexibility index (Phi) is 6.50. The molecule has 12 N–H and O–H groups in total. The van der Waals surface area contributed by atoms with E-state index in [9.17, 15) is 24.4 Å². The molecule has 3 aromatic rings. The van der Waals surface area contributed by atoms with Gasteiger partial charge < -0.3 is 36.2 Å². The fraction of sp³-hybridized carbons (Fsp3) is 0.250. The van der Waals surface area contributed by atoms with Crippen LogP contribution in [0.2, 0.25) is 0 Å². The Morgan fingerprint density at radius 2 is 1.95 bits per heavy atom. The molecule has 234 valence electrons. The number of fused-ring (bicyclic) bond motifs is 5. The molecule has 4 aliphatic heterocycles. The second-order valence-electron chi connectivity index (χ2n) is 9.40. The van der Waals surface area contributed by atoms with Crippen LogP contribution in [0.3, 0.4) is 0 Å². The van der Waals surface area contributed by atoms with Gasteiger partial charge in [0.2, 0.25) is 23.8 Å². The third-order valence-corrected chi connectivity index (χ3v) is 8.30. The minimum absolute atomic E-state index is 0.130. The average Bonchev–Trinajstić information content (AvgIpc) is 3.72. The lowest BCUT2D eigenvalue weighted by Crippen LogP contribution is -2.51. The number of H-pyrrole nitrogens is 1. The number of aromatic nitrogens is 4. The van der Waals surface area contributed by atoms with E-state index in [1.165, 1.54) is 6.07 Å². The third kappa shape index (κ3) is 4.88. The Hall–Kier alpha value is -4.40. The van der Waals surface area contributed by atoms with Crippen LogP contribution in [0.1, 0.15) is 5.76 Å². The summed E-state index contributed by atoms with van der Waals surface area (Å²) in [5.74, 6) is -2.51. The maximum absolute atomic E-state index is 15.6. The highest BCUT2D eigenvalue weighted by Crippen LogP contribution is 2.60. The van der Waals surface area contributed by atoms with Crippen molar-refractivity contribution in [1.82, 2.24) is 35.5 Å². The second kappa shape index (κ2) is 10.1. The highest BCUT2D eigenvalue weighted by molar-refractivity contribution is 7.55. The number of hydrogen-bond acceptors (Lipinski definition) is 19. The molecule has 24 heteroatoms. The maximum atomic E-state index is 15.6. The number of halogens is 1. The van der Waals surface area contributed by atoms with Gasteiger partial charge in [-0.2, -0.15) is 24.6 Å². The van der Waals surface area contributed by atoms with E-state index in [0.717, 1.165) is 10.9 Å². The van der Waals surface area contributed by atoms with E-state index in [4.69, 9.17) is 38.7 Å². The zero-order valence-electron chi connectivity index (χ0n) is 21.9. The summed E-state index contributed by atoms with van der Waals surface area (Å²) in [6.45, 7) is -0.221. The fourth-order valence-corrected chi connectivity index (χ4v) is 6.12. The van der Waals surface area contributed by atoms with Crippen molar-refractivity contribution >= 4 is 45.2 Å². The number of imidazole rings is 1. The Morgan fingerprint density at radius 3 is 2.77 bits per heavy atom. The number of alkyl halides is 1. The first-order chi connectivity index (χ1) is 20.9.